The molecule has 0 aliphatic carbocycles. The van der Waals surface area contributed by atoms with Gasteiger partial charge in [-0.3, -0.25) is 0 Å². The minimum Gasteiger partial charge on any atom is -0.493 e. The third-order valence-electron chi connectivity index (χ3n) is 3.68. The lowest BCUT2D eigenvalue weighted by molar-refractivity contribution is 0.0437. The van der Waals surface area contributed by atoms with E-state index < -0.39 is 5.60 Å². The Morgan fingerprint density at radius 3 is 2.95 bits per heavy atom. The molecule has 1 aromatic rings. The van der Waals surface area contributed by atoms with E-state index in [1.807, 2.05) is 19.1 Å². The number of aliphatic hydroxyl groups is 1. The molecule has 1 atom stereocenters. The second kappa shape index (κ2) is 5.93. The van der Waals surface area contributed by atoms with Gasteiger partial charge in [-0.25, -0.2) is 0 Å². The van der Waals surface area contributed by atoms with Gasteiger partial charge in [0.05, 0.1) is 12.2 Å². The number of para-hydroxylation sites is 1. The van der Waals surface area contributed by atoms with Crippen molar-refractivity contribution < 1.29 is 9.84 Å². The van der Waals surface area contributed by atoms with E-state index in [1.165, 1.54) is 5.56 Å². The Bertz CT molecular complexity index is 427. The second-order valence-corrected chi connectivity index (χ2v) is 5.88. The molecule has 0 amide bonds. The normalized spacial score (nSPS) is 17.7. The van der Waals surface area contributed by atoms with Crippen LogP contribution in [0, 0.1) is 0 Å². The summed E-state index contributed by atoms with van der Waals surface area (Å²) in [5, 5.41) is 14.1. The van der Waals surface area contributed by atoms with Crippen LogP contribution in [0.15, 0.2) is 18.2 Å². The maximum atomic E-state index is 10.7. The maximum absolute atomic E-state index is 10.7. The van der Waals surface area contributed by atoms with E-state index in [0.717, 1.165) is 37.3 Å². The Balaban J connectivity index is 2.15. The van der Waals surface area contributed by atoms with Crippen LogP contribution in [0.2, 0.25) is 0 Å². The molecule has 1 heterocycles. The molecule has 1 aliphatic rings. The van der Waals surface area contributed by atoms with Gasteiger partial charge in [0.15, 0.2) is 0 Å². The van der Waals surface area contributed by atoms with Crippen LogP contribution >= 0.6 is 0 Å². The number of fused-ring (bicyclic) bond motifs is 1. The van der Waals surface area contributed by atoms with Crippen LogP contribution in [0.5, 0.6) is 5.75 Å². The van der Waals surface area contributed by atoms with Gasteiger partial charge in [-0.2, -0.15) is 0 Å². The zero-order valence-corrected chi connectivity index (χ0v) is 12.2. The Morgan fingerprint density at radius 1 is 1.42 bits per heavy atom. The first kappa shape index (κ1) is 14.4. The molecule has 3 heteroatoms. The Morgan fingerprint density at radius 2 is 2.21 bits per heavy atom. The van der Waals surface area contributed by atoms with Crippen molar-refractivity contribution in [3.8, 4) is 5.75 Å². The molecule has 0 saturated heterocycles. The van der Waals surface area contributed by atoms with Crippen LogP contribution in [-0.2, 0) is 12.0 Å². The number of nitrogens with one attached hydrogen (secondary N) is 1. The minimum atomic E-state index is -0.843. The molecule has 1 aliphatic heterocycles. The van der Waals surface area contributed by atoms with Crippen molar-refractivity contribution in [1.29, 1.82) is 0 Å². The van der Waals surface area contributed by atoms with Crippen LogP contribution in [0.25, 0.3) is 0 Å². The molecule has 0 aromatic heterocycles. The number of ether oxygens (including phenoxy) is 1. The summed E-state index contributed by atoms with van der Waals surface area (Å²) in [5.74, 6) is 0.906. The molecule has 3 nitrogen and oxygen atoms in total. The van der Waals surface area contributed by atoms with E-state index in [9.17, 15) is 5.11 Å². The highest BCUT2D eigenvalue weighted by molar-refractivity contribution is 5.45. The van der Waals surface area contributed by atoms with Crippen molar-refractivity contribution >= 4 is 0 Å². The fourth-order valence-electron chi connectivity index (χ4n) is 2.55. The first-order chi connectivity index (χ1) is 9.00. The Labute approximate surface area is 116 Å². The highest BCUT2D eigenvalue weighted by Crippen LogP contribution is 2.37. The van der Waals surface area contributed by atoms with Crippen molar-refractivity contribution in [2.24, 2.45) is 0 Å². The molecule has 0 bridgehead atoms. The smallest absolute Gasteiger partial charge is 0.128 e. The highest BCUT2D eigenvalue weighted by Gasteiger charge is 2.28. The minimum absolute atomic E-state index is 0.441. The lowest BCUT2D eigenvalue weighted by Gasteiger charge is -2.29. The van der Waals surface area contributed by atoms with E-state index in [1.54, 1.807) is 0 Å². The largest absolute Gasteiger partial charge is 0.493 e. The molecule has 2 N–H and O–H groups in total. The highest BCUT2D eigenvalue weighted by atomic mass is 16.5. The Hall–Kier alpha value is -1.06. The number of hydrogen-bond donors (Lipinski definition) is 2. The van der Waals surface area contributed by atoms with Gasteiger partial charge >= 0.3 is 0 Å². The first-order valence-electron chi connectivity index (χ1n) is 7.21. The average Bonchev–Trinajstić information content (AvgIpc) is 2.37. The van der Waals surface area contributed by atoms with Crippen LogP contribution in [0.4, 0.5) is 0 Å². The summed E-state index contributed by atoms with van der Waals surface area (Å²) in [6.07, 6.45) is 2.79. The maximum Gasteiger partial charge on any atom is 0.128 e. The van der Waals surface area contributed by atoms with Crippen molar-refractivity contribution in [3.05, 3.63) is 29.3 Å². The van der Waals surface area contributed by atoms with E-state index in [0.29, 0.717) is 12.5 Å². The second-order valence-electron chi connectivity index (χ2n) is 5.88. The molecule has 106 valence electrons. The van der Waals surface area contributed by atoms with Crippen molar-refractivity contribution in [1.82, 2.24) is 5.32 Å². The summed E-state index contributed by atoms with van der Waals surface area (Å²) in [7, 11) is 0. The van der Waals surface area contributed by atoms with Crippen LogP contribution < -0.4 is 10.1 Å². The summed E-state index contributed by atoms with van der Waals surface area (Å²) < 4.78 is 5.79. The summed E-state index contributed by atoms with van der Waals surface area (Å²) in [6.45, 7) is 7.66. The summed E-state index contributed by atoms with van der Waals surface area (Å²) >= 11 is 0. The summed E-state index contributed by atoms with van der Waals surface area (Å²) in [5.41, 5.74) is 1.31. The molecule has 2 rings (SSSR count). The summed E-state index contributed by atoms with van der Waals surface area (Å²) in [6, 6.07) is 6.55. The fourth-order valence-corrected chi connectivity index (χ4v) is 2.55. The van der Waals surface area contributed by atoms with Gasteiger partial charge in [0.1, 0.15) is 5.75 Å². The van der Waals surface area contributed by atoms with Gasteiger partial charge in [-0.1, -0.05) is 32.0 Å². The molecule has 1 aromatic carbocycles. The lowest BCUT2D eigenvalue weighted by atomic mass is 9.88. The molecule has 19 heavy (non-hydrogen) atoms. The van der Waals surface area contributed by atoms with Gasteiger partial charge < -0.3 is 15.2 Å². The lowest BCUT2D eigenvalue weighted by Crippen LogP contribution is -2.32. The van der Waals surface area contributed by atoms with Crippen molar-refractivity contribution in [3.63, 3.8) is 0 Å². The molecule has 0 radical (unpaired) electrons. The first-order valence-corrected chi connectivity index (χ1v) is 7.21. The van der Waals surface area contributed by atoms with E-state index >= 15 is 0 Å². The van der Waals surface area contributed by atoms with E-state index in [-0.39, 0.29) is 0 Å². The number of rotatable bonds is 5. The standard InChI is InChI=1S/C16H25NO2/c1-12(2)17-10-9-16(3,18)14-8-4-6-13-7-5-11-19-15(13)14/h4,6,8,12,17-18H,5,7,9-11H2,1-3H3. The van der Waals surface area contributed by atoms with Crippen molar-refractivity contribution in [2.75, 3.05) is 13.2 Å². The quantitative estimate of drug-likeness (QED) is 0.858. The van der Waals surface area contributed by atoms with Crippen LogP contribution in [0.3, 0.4) is 0 Å². The molecular weight excluding hydrogens is 238 g/mol. The predicted octanol–water partition coefficient (Wildman–Crippen LogP) is 2.61. The molecular formula is C16H25NO2. The third-order valence-corrected chi connectivity index (χ3v) is 3.68. The Kier molecular flexibility index (Phi) is 4.48. The SMILES string of the molecule is CC(C)NCCC(C)(O)c1cccc2c1OCCC2. The molecule has 0 saturated carbocycles. The van der Waals surface area contributed by atoms with Gasteiger partial charge in [0.2, 0.25) is 0 Å². The van der Waals surface area contributed by atoms with E-state index in [2.05, 4.69) is 25.2 Å². The zero-order valence-electron chi connectivity index (χ0n) is 12.2. The van der Waals surface area contributed by atoms with Crippen LogP contribution in [-0.4, -0.2) is 24.3 Å². The molecule has 0 fully saturated rings. The third kappa shape index (κ3) is 3.48. The fraction of sp³-hybridized carbons (Fsp3) is 0.625. The van der Waals surface area contributed by atoms with E-state index in [4.69, 9.17) is 4.74 Å². The molecule has 1 unspecified atom stereocenters. The number of aryl methyl sites for hydroxylation is 1. The van der Waals surface area contributed by atoms with Gasteiger partial charge in [-0.05, 0) is 38.3 Å². The monoisotopic (exact) mass is 263 g/mol. The number of hydrogen-bond acceptors (Lipinski definition) is 3. The van der Waals surface area contributed by atoms with Crippen molar-refractivity contribution in [2.45, 2.75) is 51.7 Å². The zero-order chi connectivity index (χ0) is 13.9. The van der Waals surface area contributed by atoms with Gasteiger partial charge in [-0.15, -0.1) is 0 Å². The number of benzene rings is 1. The van der Waals surface area contributed by atoms with Gasteiger partial charge in [0, 0.05) is 11.6 Å². The topological polar surface area (TPSA) is 41.5 Å². The summed E-state index contributed by atoms with van der Waals surface area (Å²) in [4.78, 5) is 0. The predicted molar refractivity (Wildman–Crippen MR) is 77.6 cm³/mol. The molecule has 0 spiro atoms. The van der Waals surface area contributed by atoms with Gasteiger partial charge in [0.25, 0.3) is 0 Å². The average molecular weight is 263 g/mol. The van der Waals surface area contributed by atoms with Crippen LogP contribution in [0.1, 0.15) is 44.7 Å².